The normalized spacial score (nSPS) is 15.8. The van der Waals surface area contributed by atoms with Crippen molar-refractivity contribution in [1.82, 2.24) is 10.2 Å². The highest BCUT2D eigenvalue weighted by atomic mass is 19.1. The lowest BCUT2D eigenvalue weighted by atomic mass is 10.0. The third-order valence-corrected chi connectivity index (χ3v) is 5.26. The van der Waals surface area contributed by atoms with E-state index in [1.54, 1.807) is 31.2 Å². The van der Waals surface area contributed by atoms with Crippen LogP contribution in [0.15, 0.2) is 48.0 Å². The van der Waals surface area contributed by atoms with Crippen molar-refractivity contribution in [2.24, 2.45) is 0 Å². The Morgan fingerprint density at radius 2 is 1.93 bits per heavy atom. The molecule has 1 aliphatic rings. The van der Waals surface area contributed by atoms with E-state index in [4.69, 9.17) is 4.74 Å². The highest BCUT2D eigenvalue weighted by molar-refractivity contribution is 5.97. The minimum absolute atomic E-state index is 0.0855. The Morgan fingerprint density at radius 1 is 1.23 bits per heavy atom. The molecule has 2 aromatic rings. The molecular formula is C24H29FN2O3. The molecule has 1 amide bonds. The summed E-state index contributed by atoms with van der Waals surface area (Å²) < 4.78 is 18.5. The van der Waals surface area contributed by atoms with E-state index in [9.17, 15) is 14.3 Å². The molecule has 0 radical (unpaired) electrons. The van der Waals surface area contributed by atoms with Crippen LogP contribution in [0, 0.1) is 5.82 Å². The fourth-order valence-electron chi connectivity index (χ4n) is 3.60. The van der Waals surface area contributed by atoms with Gasteiger partial charge in [-0.3, -0.25) is 9.69 Å². The van der Waals surface area contributed by atoms with Gasteiger partial charge in [-0.1, -0.05) is 18.2 Å². The summed E-state index contributed by atoms with van der Waals surface area (Å²) in [5.74, 6) is 0.298. The van der Waals surface area contributed by atoms with Gasteiger partial charge >= 0.3 is 0 Å². The van der Waals surface area contributed by atoms with Gasteiger partial charge in [-0.2, -0.15) is 0 Å². The summed E-state index contributed by atoms with van der Waals surface area (Å²) in [4.78, 5) is 14.8. The van der Waals surface area contributed by atoms with Crippen molar-refractivity contribution in [3.63, 3.8) is 0 Å². The van der Waals surface area contributed by atoms with Crippen molar-refractivity contribution in [3.8, 4) is 11.5 Å². The molecule has 2 N–H and O–H groups in total. The Labute approximate surface area is 177 Å². The molecule has 5 nitrogen and oxygen atoms in total. The number of phenolic OH excluding ortho intramolecular Hbond substituents is 1. The standard InChI is InChI=1S/C24H29FN2O3/c1-3-30-23-15-19(6-9-22(23)28)16-27-12-10-21(11-13-27)26-24(29)17(2)14-18-4-7-20(25)8-5-18/h4-9,14-15,21,28H,3,10-13,16H2,1-2H3,(H,26,29)/b17-14+. The Hall–Kier alpha value is -2.86. The maximum Gasteiger partial charge on any atom is 0.247 e. The lowest BCUT2D eigenvalue weighted by molar-refractivity contribution is -0.118. The van der Waals surface area contributed by atoms with Crippen LogP contribution in [0.2, 0.25) is 0 Å². The molecule has 0 unspecified atom stereocenters. The summed E-state index contributed by atoms with van der Waals surface area (Å²) in [6.07, 6.45) is 3.53. The quantitative estimate of drug-likeness (QED) is 0.672. The van der Waals surface area contributed by atoms with Gasteiger partial charge < -0.3 is 15.2 Å². The second-order valence-electron chi connectivity index (χ2n) is 7.64. The predicted molar refractivity (Wildman–Crippen MR) is 116 cm³/mol. The molecule has 1 heterocycles. The molecule has 0 aliphatic carbocycles. The maximum atomic E-state index is 13.0. The number of amides is 1. The monoisotopic (exact) mass is 412 g/mol. The van der Waals surface area contributed by atoms with E-state index in [0.29, 0.717) is 17.9 Å². The van der Waals surface area contributed by atoms with Crippen LogP contribution in [-0.4, -0.2) is 41.7 Å². The van der Waals surface area contributed by atoms with Crippen molar-refractivity contribution in [3.05, 3.63) is 65.0 Å². The summed E-state index contributed by atoms with van der Waals surface area (Å²) >= 11 is 0. The summed E-state index contributed by atoms with van der Waals surface area (Å²) in [6.45, 7) is 6.73. The largest absolute Gasteiger partial charge is 0.504 e. The van der Waals surface area contributed by atoms with Gasteiger partial charge in [-0.05, 0) is 68.2 Å². The molecule has 0 saturated carbocycles. The summed E-state index contributed by atoms with van der Waals surface area (Å²) in [7, 11) is 0. The van der Waals surface area contributed by atoms with Crippen molar-refractivity contribution in [2.75, 3.05) is 19.7 Å². The number of nitrogens with one attached hydrogen (secondary N) is 1. The number of halogens is 1. The first-order valence-corrected chi connectivity index (χ1v) is 10.4. The average molecular weight is 413 g/mol. The van der Waals surface area contributed by atoms with Crippen LogP contribution >= 0.6 is 0 Å². The van der Waals surface area contributed by atoms with Crippen LogP contribution in [0.1, 0.15) is 37.8 Å². The van der Waals surface area contributed by atoms with E-state index in [2.05, 4.69) is 10.2 Å². The van der Waals surface area contributed by atoms with E-state index >= 15 is 0 Å². The van der Waals surface area contributed by atoms with Crippen LogP contribution in [0.3, 0.4) is 0 Å². The molecule has 0 bridgehead atoms. The first-order valence-electron chi connectivity index (χ1n) is 10.4. The van der Waals surface area contributed by atoms with E-state index in [1.807, 2.05) is 19.1 Å². The van der Waals surface area contributed by atoms with E-state index < -0.39 is 0 Å². The minimum Gasteiger partial charge on any atom is -0.504 e. The number of nitrogens with zero attached hydrogens (tertiary/aromatic N) is 1. The van der Waals surface area contributed by atoms with Gasteiger partial charge in [0.25, 0.3) is 0 Å². The fraction of sp³-hybridized carbons (Fsp3) is 0.375. The summed E-state index contributed by atoms with van der Waals surface area (Å²) in [6, 6.07) is 11.7. The van der Waals surface area contributed by atoms with E-state index in [0.717, 1.165) is 43.6 Å². The van der Waals surface area contributed by atoms with Crippen molar-refractivity contribution >= 4 is 12.0 Å². The zero-order valence-electron chi connectivity index (χ0n) is 17.5. The number of piperidine rings is 1. The van der Waals surface area contributed by atoms with Crippen LogP contribution in [0.4, 0.5) is 4.39 Å². The van der Waals surface area contributed by atoms with Gasteiger partial charge in [-0.15, -0.1) is 0 Å². The van der Waals surface area contributed by atoms with E-state index in [1.165, 1.54) is 12.1 Å². The molecule has 6 heteroatoms. The third kappa shape index (κ3) is 6.07. The second-order valence-corrected chi connectivity index (χ2v) is 7.64. The zero-order chi connectivity index (χ0) is 21.5. The summed E-state index contributed by atoms with van der Waals surface area (Å²) in [5, 5.41) is 12.9. The van der Waals surface area contributed by atoms with Crippen LogP contribution in [-0.2, 0) is 11.3 Å². The number of hydrogen-bond donors (Lipinski definition) is 2. The highest BCUT2D eigenvalue weighted by Crippen LogP contribution is 2.27. The molecular weight excluding hydrogens is 383 g/mol. The smallest absolute Gasteiger partial charge is 0.247 e. The lowest BCUT2D eigenvalue weighted by Crippen LogP contribution is -2.44. The van der Waals surface area contributed by atoms with Crippen molar-refractivity contribution in [1.29, 1.82) is 0 Å². The molecule has 2 aromatic carbocycles. The Balaban J connectivity index is 1.49. The number of hydrogen-bond acceptors (Lipinski definition) is 4. The SMILES string of the molecule is CCOc1cc(CN2CCC(NC(=O)/C(C)=C/c3ccc(F)cc3)CC2)ccc1O. The number of likely N-dealkylation sites (tertiary alicyclic amines) is 1. The van der Waals surface area contributed by atoms with Gasteiger partial charge in [0.1, 0.15) is 5.82 Å². The van der Waals surface area contributed by atoms with E-state index in [-0.39, 0.29) is 23.5 Å². The molecule has 160 valence electrons. The number of carbonyl (C=O) groups is 1. The first-order chi connectivity index (χ1) is 14.4. The van der Waals surface area contributed by atoms with Gasteiger partial charge in [-0.25, -0.2) is 4.39 Å². The highest BCUT2D eigenvalue weighted by Gasteiger charge is 2.21. The van der Waals surface area contributed by atoms with Crippen LogP contribution in [0.5, 0.6) is 11.5 Å². The maximum absolute atomic E-state index is 13.0. The Kier molecular flexibility index (Phi) is 7.46. The predicted octanol–water partition coefficient (Wildman–Crippen LogP) is 4.11. The van der Waals surface area contributed by atoms with Crippen molar-refractivity contribution in [2.45, 2.75) is 39.3 Å². The number of carbonyl (C=O) groups excluding carboxylic acids is 1. The molecule has 1 saturated heterocycles. The number of phenols is 1. The fourth-order valence-corrected chi connectivity index (χ4v) is 3.60. The summed E-state index contributed by atoms with van der Waals surface area (Å²) in [5.41, 5.74) is 2.51. The molecule has 1 fully saturated rings. The molecule has 30 heavy (non-hydrogen) atoms. The van der Waals surface area contributed by atoms with Gasteiger partial charge in [0.15, 0.2) is 11.5 Å². The first kappa shape index (κ1) is 21.8. The third-order valence-electron chi connectivity index (χ3n) is 5.26. The molecule has 0 spiro atoms. The Morgan fingerprint density at radius 3 is 2.60 bits per heavy atom. The molecule has 1 aliphatic heterocycles. The lowest BCUT2D eigenvalue weighted by Gasteiger charge is -2.32. The number of ether oxygens (including phenoxy) is 1. The van der Waals surface area contributed by atoms with Crippen LogP contribution < -0.4 is 10.1 Å². The second kappa shape index (κ2) is 10.3. The Bertz CT molecular complexity index is 888. The van der Waals surface area contributed by atoms with Crippen molar-refractivity contribution < 1.29 is 19.0 Å². The minimum atomic E-state index is -0.289. The number of aromatic hydroxyl groups is 1. The average Bonchev–Trinajstić information content (AvgIpc) is 2.73. The van der Waals surface area contributed by atoms with Gasteiger partial charge in [0, 0.05) is 31.2 Å². The van der Waals surface area contributed by atoms with Crippen LogP contribution in [0.25, 0.3) is 6.08 Å². The van der Waals surface area contributed by atoms with Gasteiger partial charge in [0.05, 0.1) is 6.61 Å². The molecule has 3 rings (SSSR count). The molecule has 0 atom stereocenters. The van der Waals surface area contributed by atoms with Gasteiger partial charge in [0.2, 0.25) is 5.91 Å². The topological polar surface area (TPSA) is 61.8 Å². The molecule has 0 aromatic heterocycles. The zero-order valence-corrected chi connectivity index (χ0v) is 17.5. The number of benzene rings is 2. The number of rotatable bonds is 7.